The molecule has 6 nitrogen and oxygen atoms in total. The molecule has 0 aromatic heterocycles. The lowest BCUT2D eigenvalue weighted by Crippen LogP contribution is -2.30. The second-order valence-corrected chi connectivity index (χ2v) is 16.2. The summed E-state index contributed by atoms with van der Waals surface area (Å²) in [4.78, 5) is 37.6. The van der Waals surface area contributed by atoms with Gasteiger partial charge in [0, 0.05) is 19.3 Å². The SMILES string of the molecule is CCCCCCCCCCCCCCCCCC(=O)O[C@H](COC(=O)CCCCCCCCC)COC(=O)CCCCCCCCCCCC(C)C. The van der Waals surface area contributed by atoms with Crippen molar-refractivity contribution in [1.82, 2.24) is 0 Å². The Hall–Kier alpha value is -1.59. The first-order valence-corrected chi connectivity index (χ1v) is 22.9. The standard InChI is InChI=1S/C46H88O6/c1-5-7-9-11-13-14-15-16-17-18-19-22-27-31-35-39-46(49)52-43(40-50-44(47)37-33-29-24-12-10-8-6-2)41-51-45(48)38-34-30-26-23-20-21-25-28-32-36-42(3)4/h42-43H,5-41H2,1-4H3/t43-/m1/s1. The van der Waals surface area contributed by atoms with Crippen molar-refractivity contribution < 1.29 is 28.6 Å². The van der Waals surface area contributed by atoms with Crippen LogP contribution in [-0.4, -0.2) is 37.2 Å². The highest BCUT2D eigenvalue weighted by Gasteiger charge is 2.19. The zero-order valence-electron chi connectivity index (χ0n) is 35.3. The Morgan fingerprint density at radius 1 is 0.365 bits per heavy atom. The van der Waals surface area contributed by atoms with Gasteiger partial charge in [-0.15, -0.1) is 0 Å². The Labute approximate surface area is 323 Å². The summed E-state index contributed by atoms with van der Waals surface area (Å²) in [6, 6.07) is 0. The van der Waals surface area contributed by atoms with Crippen LogP contribution in [-0.2, 0) is 28.6 Å². The summed E-state index contributed by atoms with van der Waals surface area (Å²) < 4.78 is 16.7. The lowest BCUT2D eigenvalue weighted by Gasteiger charge is -2.18. The summed E-state index contributed by atoms with van der Waals surface area (Å²) in [6.07, 6.45) is 39.5. The molecule has 0 fully saturated rings. The highest BCUT2D eigenvalue weighted by Crippen LogP contribution is 2.16. The van der Waals surface area contributed by atoms with E-state index in [1.165, 1.54) is 148 Å². The average Bonchev–Trinajstić information content (AvgIpc) is 3.12. The molecule has 0 radical (unpaired) electrons. The molecule has 0 rings (SSSR count). The summed E-state index contributed by atoms with van der Waals surface area (Å²) in [5.41, 5.74) is 0. The van der Waals surface area contributed by atoms with Gasteiger partial charge in [-0.05, 0) is 25.2 Å². The number of ether oxygens (including phenoxy) is 3. The van der Waals surface area contributed by atoms with E-state index in [-0.39, 0.29) is 31.1 Å². The van der Waals surface area contributed by atoms with Crippen LogP contribution in [0.15, 0.2) is 0 Å². The van der Waals surface area contributed by atoms with Gasteiger partial charge in [0.1, 0.15) is 13.2 Å². The lowest BCUT2D eigenvalue weighted by molar-refractivity contribution is -0.167. The Bertz CT molecular complexity index is 781. The number of unbranched alkanes of at least 4 members (excludes halogenated alkanes) is 28. The van der Waals surface area contributed by atoms with Gasteiger partial charge in [-0.3, -0.25) is 14.4 Å². The van der Waals surface area contributed by atoms with Crippen molar-refractivity contribution in [3.05, 3.63) is 0 Å². The highest BCUT2D eigenvalue weighted by atomic mass is 16.6. The van der Waals surface area contributed by atoms with Gasteiger partial charge in [-0.25, -0.2) is 0 Å². The largest absolute Gasteiger partial charge is 0.462 e. The molecule has 0 unspecified atom stereocenters. The maximum atomic E-state index is 12.7. The molecule has 0 N–H and O–H groups in total. The van der Waals surface area contributed by atoms with Gasteiger partial charge in [0.15, 0.2) is 6.10 Å². The molecule has 52 heavy (non-hydrogen) atoms. The van der Waals surface area contributed by atoms with E-state index < -0.39 is 6.10 Å². The van der Waals surface area contributed by atoms with E-state index in [0.717, 1.165) is 63.7 Å². The van der Waals surface area contributed by atoms with Crippen LogP contribution in [0.5, 0.6) is 0 Å². The Morgan fingerprint density at radius 2 is 0.635 bits per heavy atom. The molecular formula is C46H88O6. The van der Waals surface area contributed by atoms with Gasteiger partial charge in [-0.1, -0.05) is 214 Å². The average molecular weight is 737 g/mol. The number of rotatable bonds is 41. The minimum absolute atomic E-state index is 0.0645. The zero-order chi connectivity index (χ0) is 38.2. The van der Waals surface area contributed by atoms with Crippen LogP contribution in [0.2, 0.25) is 0 Å². The fraction of sp³-hybridized carbons (Fsp3) is 0.935. The Morgan fingerprint density at radius 3 is 0.942 bits per heavy atom. The maximum Gasteiger partial charge on any atom is 0.306 e. The molecule has 0 aliphatic rings. The minimum atomic E-state index is -0.758. The maximum absolute atomic E-state index is 12.7. The lowest BCUT2D eigenvalue weighted by atomic mass is 10.0. The number of carbonyl (C=O) groups excluding carboxylic acids is 3. The highest BCUT2D eigenvalue weighted by molar-refractivity contribution is 5.71. The van der Waals surface area contributed by atoms with Crippen LogP contribution in [0.3, 0.4) is 0 Å². The van der Waals surface area contributed by atoms with Crippen LogP contribution in [0.1, 0.15) is 252 Å². The quantitative estimate of drug-likeness (QED) is 0.0353. The second-order valence-electron chi connectivity index (χ2n) is 16.2. The van der Waals surface area contributed by atoms with E-state index in [1.807, 2.05) is 0 Å². The summed E-state index contributed by atoms with van der Waals surface area (Å²) in [5, 5.41) is 0. The molecule has 0 heterocycles. The molecule has 1 atom stereocenters. The molecule has 308 valence electrons. The monoisotopic (exact) mass is 737 g/mol. The second kappa shape index (κ2) is 40.6. The van der Waals surface area contributed by atoms with Crippen molar-refractivity contribution in [2.45, 2.75) is 259 Å². The first kappa shape index (κ1) is 50.4. The van der Waals surface area contributed by atoms with E-state index in [2.05, 4.69) is 27.7 Å². The van der Waals surface area contributed by atoms with Gasteiger partial charge in [0.2, 0.25) is 0 Å². The van der Waals surface area contributed by atoms with E-state index >= 15 is 0 Å². The minimum Gasteiger partial charge on any atom is -0.462 e. The number of hydrogen-bond donors (Lipinski definition) is 0. The topological polar surface area (TPSA) is 78.9 Å². The van der Waals surface area contributed by atoms with Crippen LogP contribution in [0.25, 0.3) is 0 Å². The molecule has 0 amide bonds. The molecule has 0 aliphatic carbocycles. The normalized spacial score (nSPS) is 11.9. The number of hydrogen-bond acceptors (Lipinski definition) is 6. The van der Waals surface area contributed by atoms with E-state index in [1.54, 1.807) is 0 Å². The van der Waals surface area contributed by atoms with Gasteiger partial charge in [0.05, 0.1) is 0 Å². The van der Waals surface area contributed by atoms with Crippen LogP contribution in [0, 0.1) is 5.92 Å². The van der Waals surface area contributed by atoms with E-state index in [4.69, 9.17) is 14.2 Å². The molecule has 0 bridgehead atoms. The third kappa shape index (κ3) is 39.6. The van der Waals surface area contributed by atoms with Gasteiger partial charge in [0.25, 0.3) is 0 Å². The van der Waals surface area contributed by atoms with Gasteiger partial charge < -0.3 is 14.2 Å². The van der Waals surface area contributed by atoms with Gasteiger partial charge in [-0.2, -0.15) is 0 Å². The fourth-order valence-electron chi connectivity index (χ4n) is 6.80. The van der Waals surface area contributed by atoms with E-state index in [9.17, 15) is 14.4 Å². The molecule has 0 spiro atoms. The van der Waals surface area contributed by atoms with Crippen molar-refractivity contribution in [2.24, 2.45) is 5.92 Å². The predicted molar refractivity (Wildman–Crippen MR) is 220 cm³/mol. The van der Waals surface area contributed by atoms with Crippen LogP contribution in [0.4, 0.5) is 0 Å². The molecule has 6 heteroatoms. The molecule has 0 aromatic carbocycles. The number of carbonyl (C=O) groups is 3. The van der Waals surface area contributed by atoms with Crippen molar-refractivity contribution in [3.8, 4) is 0 Å². The fourth-order valence-corrected chi connectivity index (χ4v) is 6.80. The molecule has 0 saturated heterocycles. The zero-order valence-corrected chi connectivity index (χ0v) is 35.3. The first-order chi connectivity index (χ1) is 25.4. The van der Waals surface area contributed by atoms with Crippen molar-refractivity contribution in [2.75, 3.05) is 13.2 Å². The third-order valence-electron chi connectivity index (χ3n) is 10.3. The van der Waals surface area contributed by atoms with E-state index in [0.29, 0.717) is 19.3 Å². The molecule has 0 aromatic rings. The smallest absolute Gasteiger partial charge is 0.306 e. The summed E-state index contributed by atoms with van der Waals surface area (Å²) in [5.74, 6) is -0.0519. The van der Waals surface area contributed by atoms with Crippen LogP contribution >= 0.6 is 0 Å². The van der Waals surface area contributed by atoms with Crippen molar-refractivity contribution in [3.63, 3.8) is 0 Å². The summed E-state index contributed by atoms with van der Waals surface area (Å²) in [6.45, 7) is 8.94. The Kier molecular flexibility index (Phi) is 39.4. The van der Waals surface area contributed by atoms with Gasteiger partial charge >= 0.3 is 17.9 Å². The van der Waals surface area contributed by atoms with Crippen molar-refractivity contribution >= 4 is 17.9 Å². The van der Waals surface area contributed by atoms with Crippen molar-refractivity contribution in [1.29, 1.82) is 0 Å². The third-order valence-corrected chi connectivity index (χ3v) is 10.3. The predicted octanol–water partition coefficient (Wildman–Crippen LogP) is 14.3. The van der Waals surface area contributed by atoms with Crippen LogP contribution < -0.4 is 0 Å². The summed E-state index contributed by atoms with van der Waals surface area (Å²) in [7, 11) is 0. The first-order valence-electron chi connectivity index (χ1n) is 22.9. The molecule has 0 saturated carbocycles. The molecular weight excluding hydrogens is 648 g/mol. The number of esters is 3. The Balaban J connectivity index is 4.26. The molecule has 0 aliphatic heterocycles. The summed E-state index contributed by atoms with van der Waals surface area (Å²) >= 11 is 0.